The van der Waals surface area contributed by atoms with Crippen molar-refractivity contribution < 1.29 is 0 Å². The molecule has 1 nitrogen and oxygen atoms in total. The van der Waals surface area contributed by atoms with Crippen LogP contribution in [-0.4, -0.2) is 0 Å². The molecule has 0 atom stereocenters. The smallest absolute Gasteiger partial charge is 0.0554 e. The first kappa shape index (κ1) is 3.96. The zero-order valence-corrected chi connectivity index (χ0v) is 2.78. The van der Waals surface area contributed by atoms with Crippen LogP contribution in [0.2, 0.25) is 0 Å². The van der Waals surface area contributed by atoms with Gasteiger partial charge >= 0.3 is 0 Å². The highest BCUT2D eigenvalue weighted by Gasteiger charge is 1.58. The second-order valence-corrected chi connectivity index (χ2v) is 0.558. The van der Waals surface area contributed by atoms with Gasteiger partial charge in [-0.05, 0) is 6.42 Å². The maximum absolute atomic E-state index is 4.78. The Kier molecular flexibility index (Phi) is 2.93. The molecule has 2 radical (unpaired) electrons. The molecule has 0 aliphatic carbocycles. The van der Waals surface area contributed by atoms with E-state index in [0.29, 0.717) is 0 Å². The summed E-state index contributed by atoms with van der Waals surface area (Å²) in [6.07, 6.45) is 0.847. The topological polar surface area (TPSA) is 26.0 Å². The van der Waals surface area contributed by atoms with E-state index in [1.165, 1.54) is 0 Å². The van der Waals surface area contributed by atoms with E-state index in [1.54, 1.807) is 0 Å². The lowest BCUT2D eigenvalue weighted by atomic mass is 10.5. The summed E-state index contributed by atoms with van der Waals surface area (Å²) in [4.78, 5) is 0. The van der Waals surface area contributed by atoms with Crippen LogP contribution in [0.5, 0.6) is 0 Å². The number of nitrogens with two attached hydrogens (primary N) is 1. The van der Waals surface area contributed by atoms with E-state index in [1.807, 2.05) is 6.92 Å². The third-order valence-electron chi connectivity index (χ3n) is 0.204. The van der Waals surface area contributed by atoms with Crippen LogP contribution in [0.15, 0.2) is 0 Å². The lowest BCUT2D eigenvalue weighted by Crippen LogP contribution is -1.83. The first-order valence-electron chi connectivity index (χ1n) is 1.35. The third-order valence-corrected chi connectivity index (χ3v) is 0.204. The van der Waals surface area contributed by atoms with E-state index in [9.17, 15) is 0 Å². The van der Waals surface area contributed by atoms with E-state index in [0.717, 1.165) is 6.42 Å². The number of rotatable bonds is 1. The van der Waals surface area contributed by atoms with Gasteiger partial charge in [0.25, 0.3) is 0 Å². The van der Waals surface area contributed by atoms with Crippen LogP contribution < -0.4 is 5.73 Å². The van der Waals surface area contributed by atoms with Gasteiger partial charge in [-0.25, -0.2) is 0 Å². The van der Waals surface area contributed by atoms with Crippen molar-refractivity contribution in [3.05, 3.63) is 6.54 Å². The summed E-state index contributed by atoms with van der Waals surface area (Å²) in [5.41, 5.74) is 4.78. The Labute approximate surface area is 26.8 Å². The van der Waals surface area contributed by atoms with Gasteiger partial charge in [-0.15, -0.1) is 0 Å². The largest absolute Gasteiger partial charge is 0.322 e. The Morgan fingerprint density at radius 3 is 2.25 bits per heavy atom. The molecule has 0 unspecified atom stereocenters. The molecule has 2 N–H and O–H groups in total. The van der Waals surface area contributed by atoms with Crippen molar-refractivity contribution in [3.8, 4) is 0 Å². The summed E-state index contributed by atoms with van der Waals surface area (Å²) in [6, 6.07) is 0. The van der Waals surface area contributed by atoms with Crippen molar-refractivity contribution in [2.75, 3.05) is 0 Å². The zero-order valence-electron chi connectivity index (χ0n) is 2.78. The fourth-order valence-corrected chi connectivity index (χ4v) is 0. The average molecular weight is 57.1 g/mol. The van der Waals surface area contributed by atoms with Crippen molar-refractivity contribution >= 4 is 0 Å². The average Bonchev–Trinajstić information content (AvgIpc) is 1.37. The minimum absolute atomic E-state index is 0.847. The summed E-state index contributed by atoms with van der Waals surface area (Å²) in [7, 11) is 0. The molecular formula is C3H7N. The first-order chi connectivity index (χ1) is 1.91. The molecule has 0 aromatic carbocycles. The van der Waals surface area contributed by atoms with Gasteiger partial charge in [0.2, 0.25) is 0 Å². The molecule has 24 valence electrons. The van der Waals surface area contributed by atoms with E-state index in [2.05, 4.69) is 6.54 Å². The van der Waals surface area contributed by atoms with Crippen LogP contribution in [0, 0.1) is 6.54 Å². The molecule has 4 heavy (non-hydrogen) atoms. The first-order valence-corrected chi connectivity index (χ1v) is 1.35. The molecule has 0 aromatic rings. The highest BCUT2D eigenvalue weighted by molar-refractivity contribution is 4.42. The predicted molar refractivity (Wildman–Crippen MR) is 17.7 cm³/mol. The predicted octanol–water partition coefficient (Wildman–Crippen LogP) is 0.394. The number of hydrogen-bond donors (Lipinski definition) is 1. The lowest BCUT2D eigenvalue weighted by Gasteiger charge is -1.67. The zero-order chi connectivity index (χ0) is 3.41. The summed E-state index contributed by atoms with van der Waals surface area (Å²) >= 11 is 0. The summed E-state index contributed by atoms with van der Waals surface area (Å²) in [5, 5.41) is 0. The molecule has 0 saturated carbocycles. The highest BCUT2D eigenvalue weighted by atomic mass is 14.5. The van der Waals surface area contributed by atoms with Gasteiger partial charge in [0.1, 0.15) is 0 Å². The van der Waals surface area contributed by atoms with Crippen molar-refractivity contribution in [1.29, 1.82) is 0 Å². The van der Waals surface area contributed by atoms with Crippen LogP contribution in [0.25, 0.3) is 0 Å². The Hall–Kier alpha value is -0.0400. The Bertz CT molecular complexity index is 5.25. The molecule has 1 heteroatoms. The van der Waals surface area contributed by atoms with Crippen molar-refractivity contribution in [1.82, 2.24) is 0 Å². The number of hydrogen-bond acceptors (Lipinski definition) is 1. The van der Waals surface area contributed by atoms with Crippen LogP contribution >= 0.6 is 0 Å². The van der Waals surface area contributed by atoms with E-state index >= 15 is 0 Å². The minimum atomic E-state index is 0.847. The quantitative estimate of drug-likeness (QED) is 0.433. The molecule has 0 rings (SSSR count). The Balaban J connectivity index is 1.97. The van der Waals surface area contributed by atoms with Gasteiger partial charge in [-0.3, -0.25) is 0 Å². The van der Waals surface area contributed by atoms with Crippen LogP contribution in [0.4, 0.5) is 0 Å². The van der Waals surface area contributed by atoms with E-state index < -0.39 is 0 Å². The van der Waals surface area contributed by atoms with E-state index in [4.69, 9.17) is 5.73 Å². The second-order valence-electron chi connectivity index (χ2n) is 0.558. The summed E-state index contributed by atoms with van der Waals surface area (Å²) < 4.78 is 0. The molecule has 0 aliphatic rings. The summed E-state index contributed by atoms with van der Waals surface area (Å²) in [5.74, 6) is 0. The molecule has 0 saturated heterocycles. The molecular weight excluding hydrogens is 50.0 g/mol. The molecule has 0 heterocycles. The Morgan fingerprint density at radius 2 is 2.25 bits per heavy atom. The van der Waals surface area contributed by atoms with Gasteiger partial charge in [0.05, 0.1) is 6.54 Å². The molecule has 0 spiro atoms. The van der Waals surface area contributed by atoms with Gasteiger partial charge in [-0.1, -0.05) is 6.92 Å². The monoisotopic (exact) mass is 57.1 g/mol. The molecule has 0 amide bonds. The van der Waals surface area contributed by atoms with Crippen LogP contribution in [0.3, 0.4) is 0 Å². The van der Waals surface area contributed by atoms with Crippen LogP contribution in [-0.2, 0) is 0 Å². The van der Waals surface area contributed by atoms with Gasteiger partial charge < -0.3 is 5.73 Å². The standard InChI is InChI=1S/C3H7N/c1-2-3-4/h2,4H2,1H3. The van der Waals surface area contributed by atoms with Gasteiger partial charge in [0.15, 0.2) is 0 Å². The second kappa shape index (κ2) is 2.96. The van der Waals surface area contributed by atoms with Crippen LogP contribution in [0.1, 0.15) is 13.3 Å². The molecule has 0 aliphatic heterocycles. The Morgan fingerprint density at radius 1 is 2.00 bits per heavy atom. The molecule has 0 aromatic heterocycles. The molecule has 0 bridgehead atoms. The fourth-order valence-electron chi connectivity index (χ4n) is 0. The minimum Gasteiger partial charge on any atom is -0.322 e. The maximum atomic E-state index is 4.78. The maximum Gasteiger partial charge on any atom is 0.0554 e. The third kappa shape index (κ3) is 1.96. The van der Waals surface area contributed by atoms with Crippen molar-refractivity contribution in [3.63, 3.8) is 0 Å². The highest BCUT2D eigenvalue weighted by Crippen LogP contribution is 1.65. The van der Waals surface area contributed by atoms with Gasteiger partial charge in [-0.2, -0.15) is 0 Å². The summed E-state index contributed by atoms with van der Waals surface area (Å²) in [6.45, 7) is 4.38. The fraction of sp³-hybridized carbons (Fsp3) is 0.667. The van der Waals surface area contributed by atoms with Gasteiger partial charge in [0, 0.05) is 0 Å². The lowest BCUT2D eigenvalue weighted by molar-refractivity contribution is 1.06. The van der Waals surface area contributed by atoms with Crippen molar-refractivity contribution in [2.45, 2.75) is 13.3 Å². The van der Waals surface area contributed by atoms with E-state index in [-0.39, 0.29) is 0 Å². The van der Waals surface area contributed by atoms with Crippen molar-refractivity contribution in [2.24, 2.45) is 5.73 Å². The molecule has 0 fully saturated rings. The normalized spacial score (nSPS) is 7.50. The SMILES string of the molecule is CC[C]N.